The lowest BCUT2D eigenvalue weighted by molar-refractivity contribution is -0.137. The zero-order valence-electron chi connectivity index (χ0n) is 15.4. The number of aliphatic hydroxyl groups is 2. The number of rotatable bonds is 13. The van der Waals surface area contributed by atoms with Gasteiger partial charge in [0, 0.05) is 18.8 Å². The predicted octanol–water partition coefficient (Wildman–Crippen LogP) is 3.48. The first-order valence-corrected chi connectivity index (χ1v) is 9.74. The van der Waals surface area contributed by atoms with Crippen molar-refractivity contribution in [1.29, 1.82) is 0 Å². The minimum atomic E-state index is -0.764. The van der Waals surface area contributed by atoms with Crippen LogP contribution < -0.4 is 0 Å². The number of allylic oxidation sites excluding steroid dienone is 1. The Kier molecular flexibility index (Phi) is 10.7. The molecule has 0 spiro atoms. The summed E-state index contributed by atoms with van der Waals surface area (Å²) in [7, 11) is 0. The lowest BCUT2D eigenvalue weighted by Gasteiger charge is -2.18. The molecular weight excluding hydrogens is 320 g/mol. The second-order valence-electron chi connectivity index (χ2n) is 7.22. The SMILES string of the molecule is CCCCC[C@H](O)/C=C/[C@H]1C(=O)C[C@H](O)[C@H]1CCCCCCC(=O)O. The standard InChI is InChI=1S/C20H34O5/c1-2-3-6-9-15(21)12-13-17-16(18(22)14-19(17)23)10-7-4-5-8-11-20(24)25/h12-13,15-18,21-22H,2-11,14H2,1H3,(H,24,25)/b13-12+/t15-,16-,17+,18-/m0/s1. The summed E-state index contributed by atoms with van der Waals surface area (Å²) in [6.07, 6.45) is 10.8. The maximum absolute atomic E-state index is 12.1. The van der Waals surface area contributed by atoms with Crippen LogP contribution in [0.3, 0.4) is 0 Å². The van der Waals surface area contributed by atoms with Crippen molar-refractivity contribution in [3.05, 3.63) is 12.2 Å². The van der Waals surface area contributed by atoms with Gasteiger partial charge in [0.2, 0.25) is 0 Å². The quantitative estimate of drug-likeness (QED) is 0.348. The molecule has 0 heterocycles. The third-order valence-electron chi connectivity index (χ3n) is 5.06. The monoisotopic (exact) mass is 354 g/mol. The van der Waals surface area contributed by atoms with Crippen LogP contribution in [0.4, 0.5) is 0 Å². The summed E-state index contributed by atoms with van der Waals surface area (Å²) in [5.74, 6) is -1.08. The number of aliphatic carboxylic acids is 1. The molecule has 0 aromatic carbocycles. The van der Waals surface area contributed by atoms with Crippen molar-refractivity contribution >= 4 is 11.8 Å². The lowest BCUT2D eigenvalue weighted by Crippen LogP contribution is -2.19. The molecule has 0 aromatic heterocycles. The third kappa shape index (κ3) is 8.63. The summed E-state index contributed by atoms with van der Waals surface area (Å²) >= 11 is 0. The van der Waals surface area contributed by atoms with Gasteiger partial charge in [-0.05, 0) is 25.2 Å². The Hall–Kier alpha value is -1.20. The second-order valence-corrected chi connectivity index (χ2v) is 7.22. The molecule has 1 fully saturated rings. The molecule has 5 nitrogen and oxygen atoms in total. The first-order chi connectivity index (χ1) is 12.0. The number of carbonyl (C=O) groups is 2. The van der Waals surface area contributed by atoms with Gasteiger partial charge in [-0.3, -0.25) is 9.59 Å². The average Bonchev–Trinajstić information content (AvgIpc) is 2.82. The van der Waals surface area contributed by atoms with Crippen LogP contribution in [0.5, 0.6) is 0 Å². The number of carbonyl (C=O) groups excluding carboxylic acids is 1. The van der Waals surface area contributed by atoms with Crippen molar-refractivity contribution in [3.63, 3.8) is 0 Å². The van der Waals surface area contributed by atoms with Crippen molar-refractivity contribution in [1.82, 2.24) is 0 Å². The Morgan fingerprint density at radius 3 is 2.60 bits per heavy atom. The second kappa shape index (κ2) is 12.2. The van der Waals surface area contributed by atoms with Crippen LogP contribution in [-0.2, 0) is 9.59 Å². The highest BCUT2D eigenvalue weighted by molar-refractivity contribution is 5.85. The van der Waals surface area contributed by atoms with E-state index < -0.39 is 18.2 Å². The topological polar surface area (TPSA) is 94.8 Å². The van der Waals surface area contributed by atoms with Gasteiger partial charge >= 0.3 is 5.97 Å². The van der Waals surface area contributed by atoms with E-state index >= 15 is 0 Å². The number of carboxylic acid groups (broad SMARTS) is 1. The summed E-state index contributed by atoms with van der Waals surface area (Å²) in [4.78, 5) is 22.6. The zero-order valence-corrected chi connectivity index (χ0v) is 15.4. The number of carboxylic acids is 1. The van der Waals surface area contributed by atoms with Crippen LogP contribution in [0.25, 0.3) is 0 Å². The van der Waals surface area contributed by atoms with E-state index in [1.807, 2.05) is 0 Å². The molecule has 25 heavy (non-hydrogen) atoms. The van der Waals surface area contributed by atoms with Gasteiger partial charge in [-0.25, -0.2) is 0 Å². The van der Waals surface area contributed by atoms with E-state index in [1.165, 1.54) is 0 Å². The van der Waals surface area contributed by atoms with Gasteiger partial charge in [-0.15, -0.1) is 0 Å². The number of unbranched alkanes of at least 4 members (excludes halogenated alkanes) is 5. The Labute approximate surface area is 151 Å². The summed E-state index contributed by atoms with van der Waals surface area (Å²) < 4.78 is 0. The number of hydrogen-bond donors (Lipinski definition) is 3. The van der Waals surface area contributed by atoms with Crippen LogP contribution >= 0.6 is 0 Å². The maximum atomic E-state index is 12.1. The molecule has 1 rings (SSSR count). The summed E-state index contributed by atoms with van der Waals surface area (Å²) in [6.45, 7) is 2.12. The van der Waals surface area contributed by atoms with E-state index in [1.54, 1.807) is 12.2 Å². The van der Waals surface area contributed by atoms with E-state index in [-0.39, 0.29) is 30.5 Å². The highest BCUT2D eigenvalue weighted by Gasteiger charge is 2.39. The largest absolute Gasteiger partial charge is 0.481 e. The van der Waals surface area contributed by atoms with E-state index in [9.17, 15) is 19.8 Å². The third-order valence-corrected chi connectivity index (χ3v) is 5.06. The first-order valence-electron chi connectivity index (χ1n) is 9.74. The van der Waals surface area contributed by atoms with Crippen LogP contribution in [0.15, 0.2) is 12.2 Å². The normalized spacial score (nSPS) is 24.9. The van der Waals surface area contributed by atoms with Gasteiger partial charge < -0.3 is 15.3 Å². The summed E-state index contributed by atoms with van der Waals surface area (Å²) in [5, 5.41) is 28.7. The minimum Gasteiger partial charge on any atom is -0.481 e. The smallest absolute Gasteiger partial charge is 0.303 e. The lowest BCUT2D eigenvalue weighted by atomic mass is 9.88. The van der Waals surface area contributed by atoms with Crippen LogP contribution in [-0.4, -0.2) is 39.3 Å². The highest BCUT2D eigenvalue weighted by atomic mass is 16.4. The molecule has 0 amide bonds. The number of ketones is 1. The molecule has 0 aromatic rings. The van der Waals surface area contributed by atoms with E-state index in [0.29, 0.717) is 12.8 Å². The fraction of sp³-hybridized carbons (Fsp3) is 0.800. The van der Waals surface area contributed by atoms with Crippen LogP contribution in [0.1, 0.15) is 77.6 Å². The van der Waals surface area contributed by atoms with Gasteiger partial charge in [0.1, 0.15) is 5.78 Å². The Bertz CT molecular complexity index is 432. The number of hydrogen-bond acceptors (Lipinski definition) is 4. The summed E-state index contributed by atoms with van der Waals surface area (Å²) in [5.41, 5.74) is 0. The number of aliphatic hydroxyl groups excluding tert-OH is 2. The van der Waals surface area contributed by atoms with Gasteiger partial charge in [0.15, 0.2) is 0 Å². The Morgan fingerprint density at radius 2 is 1.92 bits per heavy atom. The maximum Gasteiger partial charge on any atom is 0.303 e. The van der Waals surface area contributed by atoms with Crippen molar-refractivity contribution < 1.29 is 24.9 Å². The Morgan fingerprint density at radius 1 is 1.20 bits per heavy atom. The molecule has 0 saturated heterocycles. The van der Waals surface area contributed by atoms with Crippen LogP contribution in [0.2, 0.25) is 0 Å². The van der Waals surface area contributed by atoms with Crippen LogP contribution in [0, 0.1) is 11.8 Å². The molecular formula is C20H34O5. The Balaban J connectivity index is 2.39. The fourth-order valence-electron chi connectivity index (χ4n) is 3.55. The molecule has 1 aliphatic rings. The van der Waals surface area contributed by atoms with Crippen molar-refractivity contribution in [2.75, 3.05) is 0 Å². The van der Waals surface area contributed by atoms with E-state index in [2.05, 4.69) is 6.92 Å². The molecule has 0 aliphatic heterocycles. The minimum absolute atomic E-state index is 0.0559. The predicted molar refractivity (Wildman–Crippen MR) is 97.2 cm³/mol. The molecule has 0 radical (unpaired) electrons. The van der Waals surface area contributed by atoms with Gasteiger partial charge in [0.25, 0.3) is 0 Å². The first kappa shape index (κ1) is 21.8. The molecule has 0 bridgehead atoms. The average molecular weight is 354 g/mol. The van der Waals surface area contributed by atoms with Gasteiger partial charge in [0.05, 0.1) is 12.2 Å². The van der Waals surface area contributed by atoms with Crippen molar-refractivity contribution in [2.24, 2.45) is 11.8 Å². The van der Waals surface area contributed by atoms with E-state index in [0.717, 1.165) is 44.9 Å². The fourth-order valence-corrected chi connectivity index (χ4v) is 3.55. The molecule has 3 N–H and O–H groups in total. The van der Waals surface area contributed by atoms with Crippen molar-refractivity contribution in [2.45, 2.75) is 89.8 Å². The number of Topliss-reactive ketones (excluding diaryl/α,β-unsaturated/α-hetero) is 1. The molecule has 1 aliphatic carbocycles. The molecule has 4 atom stereocenters. The zero-order chi connectivity index (χ0) is 18.7. The summed E-state index contributed by atoms with van der Waals surface area (Å²) in [6, 6.07) is 0. The van der Waals surface area contributed by atoms with Gasteiger partial charge in [-0.1, -0.05) is 57.6 Å². The molecule has 5 heteroatoms. The van der Waals surface area contributed by atoms with E-state index in [4.69, 9.17) is 5.11 Å². The van der Waals surface area contributed by atoms with Crippen molar-refractivity contribution in [3.8, 4) is 0 Å². The molecule has 0 unspecified atom stereocenters. The van der Waals surface area contributed by atoms with Gasteiger partial charge in [-0.2, -0.15) is 0 Å². The molecule has 1 saturated carbocycles. The molecule has 144 valence electrons. The highest BCUT2D eigenvalue weighted by Crippen LogP contribution is 2.34.